The highest BCUT2D eigenvalue weighted by molar-refractivity contribution is 6.00. The minimum absolute atomic E-state index is 0.0452. The molecule has 4 rings (SSSR count). The fourth-order valence-electron chi connectivity index (χ4n) is 3.89. The molecule has 0 spiro atoms. The Kier molecular flexibility index (Phi) is 6.72. The zero-order valence-electron chi connectivity index (χ0n) is 17.9. The first-order chi connectivity index (χ1) is 14.5. The van der Waals surface area contributed by atoms with E-state index in [2.05, 4.69) is 0 Å². The lowest BCUT2D eigenvalue weighted by Gasteiger charge is -2.34. The zero-order valence-corrected chi connectivity index (χ0v) is 17.9. The highest BCUT2D eigenvalue weighted by Crippen LogP contribution is 2.30. The Morgan fingerprint density at radius 2 is 1.90 bits per heavy atom. The van der Waals surface area contributed by atoms with Crippen LogP contribution >= 0.6 is 0 Å². The van der Waals surface area contributed by atoms with Crippen molar-refractivity contribution in [1.82, 2.24) is 9.47 Å². The molecule has 1 fully saturated rings. The van der Waals surface area contributed by atoms with Gasteiger partial charge < -0.3 is 18.9 Å². The maximum Gasteiger partial charge on any atom is 0.276 e. The first kappa shape index (κ1) is 21.8. The molecule has 0 saturated carbocycles. The molecular weight excluding hydrogens is 384 g/mol. The summed E-state index contributed by atoms with van der Waals surface area (Å²) in [5, 5.41) is 0. The summed E-state index contributed by atoms with van der Waals surface area (Å²) in [6.07, 6.45) is 1.84. The summed E-state index contributed by atoms with van der Waals surface area (Å²) >= 11 is 0. The minimum atomic E-state index is -0.536. The molecule has 160 valence electrons. The topological polar surface area (TPSA) is 77.8 Å². The number of hydrogen-bond donors (Lipinski definition) is 0. The summed E-state index contributed by atoms with van der Waals surface area (Å²) in [4.78, 5) is 40.2. The third kappa shape index (κ3) is 3.89. The molecule has 0 aliphatic carbocycles. The summed E-state index contributed by atoms with van der Waals surface area (Å²) in [7, 11) is 1.35. The van der Waals surface area contributed by atoms with Gasteiger partial charge in [0.05, 0.1) is 31.9 Å². The number of benzene rings is 1. The van der Waals surface area contributed by atoms with E-state index in [0.717, 1.165) is 5.56 Å². The normalized spacial score (nSPS) is 19.5. The van der Waals surface area contributed by atoms with E-state index in [-0.39, 0.29) is 41.2 Å². The van der Waals surface area contributed by atoms with E-state index >= 15 is 0 Å². The number of Topliss-reactive ketones (excluding diaryl/α,β-unsaturated/α-hetero) is 1. The van der Waals surface area contributed by atoms with E-state index in [4.69, 9.17) is 9.47 Å². The summed E-state index contributed by atoms with van der Waals surface area (Å²) < 4.78 is 12.6. The molecule has 0 N–H and O–H groups in total. The number of carbonyl (C=O) groups excluding carboxylic acids is 2. The molecule has 7 nitrogen and oxygen atoms in total. The van der Waals surface area contributed by atoms with Gasteiger partial charge in [0.1, 0.15) is 0 Å². The lowest BCUT2D eigenvalue weighted by molar-refractivity contribution is 0.00622. The number of aromatic nitrogens is 1. The molecule has 2 aliphatic heterocycles. The summed E-state index contributed by atoms with van der Waals surface area (Å²) in [6, 6.07) is 9.56. The molecular formula is C23H28N2O5. The summed E-state index contributed by atoms with van der Waals surface area (Å²) in [5.74, 6) is -0.648. The van der Waals surface area contributed by atoms with Crippen LogP contribution in [0, 0.1) is 0 Å². The Labute approximate surface area is 176 Å². The number of ether oxygens (including phenoxy) is 2. The van der Waals surface area contributed by atoms with Crippen molar-refractivity contribution in [2.24, 2.45) is 0 Å². The number of aryl methyl sites for hydroxylation is 1. The smallest absolute Gasteiger partial charge is 0.276 e. The predicted octanol–water partition coefficient (Wildman–Crippen LogP) is 2.90. The lowest BCUT2D eigenvalue weighted by atomic mass is 10.0. The van der Waals surface area contributed by atoms with Gasteiger partial charge in [-0.25, -0.2) is 0 Å². The number of amides is 1. The Morgan fingerprint density at radius 3 is 2.57 bits per heavy atom. The average molecular weight is 412 g/mol. The van der Waals surface area contributed by atoms with Crippen LogP contribution in [0.2, 0.25) is 0 Å². The third-order valence-corrected chi connectivity index (χ3v) is 5.33. The van der Waals surface area contributed by atoms with Gasteiger partial charge in [-0.05, 0) is 18.9 Å². The van der Waals surface area contributed by atoms with Crippen molar-refractivity contribution in [1.29, 1.82) is 0 Å². The van der Waals surface area contributed by atoms with Gasteiger partial charge in [0, 0.05) is 12.6 Å². The highest BCUT2D eigenvalue weighted by Gasteiger charge is 2.43. The molecule has 2 aliphatic rings. The van der Waals surface area contributed by atoms with Gasteiger partial charge in [-0.2, -0.15) is 0 Å². The second-order valence-corrected chi connectivity index (χ2v) is 7.16. The number of nitrogens with zero attached hydrogens (tertiary/aromatic N) is 2. The minimum Gasteiger partial charge on any atom is -0.491 e. The van der Waals surface area contributed by atoms with E-state index in [1.165, 1.54) is 13.3 Å². The average Bonchev–Trinajstić information content (AvgIpc) is 3.15. The van der Waals surface area contributed by atoms with Crippen LogP contribution in [0.15, 0.2) is 41.3 Å². The van der Waals surface area contributed by atoms with Crippen molar-refractivity contribution < 1.29 is 19.1 Å². The SMILES string of the molecule is CC.COc1c2n(cc(C(=O)CCc3ccccc3)c1=O)C[C@H]1OC[C@H](C)N1C2=O. The number of pyridine rings is 1. The van der Waals surface area contributed by atoms with Crippen LogP contribution in [0.3, 0.4) is 0 Å². The van der Waals surface area contributed by atoms with Crippen LogP contribution in [-0.2, 0) is 17.7 Å². The molecule has 1 aromatic carbocycles. The van der Waals surface area contributed by atoms with Gasteiger partial charge in [-0.1, -0.05) is 44.2 Å². The first-order valence-corrected chi connectivity index (χ1v) is 10.3. The molecule has 0 bridgehead atoms. The Hall–Kier alpha value is -2.93. The second-order valence-electron chi connectivity index (χ2n) is 7.16. The molecule has 7 heteroatoms. The Bertz CT molecular complexity index is 983. The van der Waals surface area contributed by atoms with Crippen LogP contribution < -0.4 is 10.2 Å². The Balaban J connectivity index is 0.00000124. The summed E-state index contributed by atoms with van der Waals surface area (Å²) in [5.41, 5.74) is 0.718. The molecule has 0 unspecified atom stereocenters. The van der Waals surface area contributed by atoms with Gasteiger partial charge in [-0.15, -0.1) is 0 Å². The van der Waals surface area contributed by atoms with Crippen molar-refractivity contribution >= 4 is 11.7 Å². The zero-order chi connectivity index (χ0) is 21.8. The van der Waals surface area contributed by atoms with E-state index in [1.54, 1.807) is 9.47 Å². The quantitative estimate of drug-likeness (QED) is 0.706. The third-order valence-electron chi connectivity index (χ3n) is 5.33. The molecule has 1 saturated heterocycles. The highest BCUT2D eigenvalue weighted by atomic mass is 16.5. The molecule has 0 radical (unpaired) electrons. The van der Waals surface area contributed by atoms with Crippen molar-refractivity contribution in [2.45, 2.75) is 52.4 Å². The number of fused-ring (bicyclic) bond motifs is 2. The van der Waals surface area contributed by atoms with Crippen LogP contribution in [0.4, 0.5) is 0 Å². The molecule has 2 atom stereocenters. The second kappa shape index (κ2) is 9.26. The Morgan fingerprint density at radius 1 is 1.20 bits per heavy atom. The maximum absolute atomic E-state index is 13.0. The van der Waals surface area contributed by atoms with Crippen LogP contribution in [-0.4, -0.2) is 47.1 Å². The first-order valence-electron chi connectivity index (χ1n) is 10.3. The van der Waals surface area contributed by atoms with Gasteiger partial charge in [0.2, 0.25) is 5.43 Å². The number of hydrogen-bond acceptors (Lipinski definition) is 5. The van der Waals surface area contributed by atoms with E-state index in [1.807, 2.05) is 51.1 Å². The van der Waals surface area contributed by atoms with E-state index in [9.17, 15) is 14.4 Å². The molecule has 3 heterocycles. The fourth-order valence-corrected chi connectivity index (χ4v) is 3.89. The molecule has 1 amide bonds. The van der Waals surface area contributed by atoms with Crippen molar-refractivity contribution in [3.05, 3.63) is 63.6 Å². The van der Waals surface area contributed by atoms with Crippen molar-refractivity contribution in [3.63, 3.8) is 0 Å². The molecule has 1 aromatic heterocycles. The molecule has 2 aromatic rings. The van der Waals surface area contributed by atoms with Crippen LogP contribution in [0.1, 0.15) is 53.6 Å². The molecule has 30 heavy (non-hydrogen) atoms. The number of carbonyl (C=O) groups is 2. The van der Waals surface area contributed by atoms with Gasteiger partial charge >= 0.3 is 0 Å². The van der Waals surface area contributed by atoms with Crippen molar-refractivity contribution in [3.8, 4) is 5.75 Å². The predicted molar refractivity (Wildman–Crippen MR) is 113 cm³/mol. The monoisotopic (exact) mass is 412 g/mol. The number of rotatable bonds is 5. The van der Waals surface area contributed by atoms with Crippen LogP contribution in [0.25, 0.3) is 0 Å². The van der Waals surface area contributed by atoms with Crippen molar-refractivity contribution in [2.75, 3.05) is 13.7 Å². The van der Waals surface area contributed by atoms with Crippen LogP contribution in [0.5, 0.6) is 5.75 Å². The van der Waals surface area contributed by atoms with Gasteiger partial charge in [0.25, 0.3) is 5.91 Å². The van der Waals surface area contributed by atoms with Gasteiger partial charge in [-0.3, -0.25) is 14.4 Å². The largest absolute Gasteiger partial charge is 0.491 e. The van der Waals surface area contributed by atoms with E-state index < -0.39 is 11.7 Å². The summed E-state index contributed by atoms with van der Waals surface area (Å²) in [6.45, 7) is 6.71. The fraction of sp³-hybridized carbons (Fsp3) is 0.435. The van der Waals surface area contributed by atoms with Gasteiger partial charge in [0.15, 0.2) is 23.5 Å². The maximum atomic E-state index is 13.0. The lowest BCUT2D eigenvalue weighted by Crippen LogP contribution is -2.49. The standard InChI is InChI=1S/C21H22N2O5.C2H6/c1-13-12-28-17-11-22-10-15(16(24)9-8-14-6-4-3-5-7-14)19(25)20(27-2)18(22)21(26)23(13)17;1-2/h3-7,10,13,17H,8-9,11-12H2,1-2H3;1-2H3/t13-,17+;/m0./s1. The van der Waals surface area contributed by atoms with E-state index in [0.29, 0.717) is 19.6 Å². The number of ketones is 1. The number of methoxy groups -OCH3 is 1.